The average molecular weight is 591 g/mol. The van der Waals surface area contributed by atoms with E-state index in [9.17, 15) is 5.11 Å². The number of para-hydroxylation sites is 1. The van der Waals surface area contributed by atoms with Crippen LogP contribution >= 0.6 is 31.9 Å². The number of hydrogen-bond acceptors (Lipinski definition) is 2. The largest absolute Gasteiger partial charge is 0.507 e. The molecule has 2 nitrogen and oxygen atoms in total. The Morgan fingerprint density at radius 3 is 2.11 bits per heavy atom. The first kappa shape index (κ1) is 25.3. The highest BCUT2D eigenvalue weighted by Crippen LogP contribution is 2.46. The Kier molecular flexibility index (Phi) is 7.83. The number of aliphatic hydroxyl groups excluding tert-OH is 1. The smallest absolute Gasteiger partial charge is 0.123 e. The van der Waals surface area contributed by atoms with E-state index in [4.69, 9.17) is 0 Å². The van der Waals surface area contributed by atoms with Crippen LogP contribution in [0.15, 0.2) is 118 Å². The summed E-state index contributed by atoms with van der Waals surface area (Å²) in [6.45, 7) is 4.55. The van der Waals surface area contributed by atoms with Gasteiger partial charge in [-0.05, 0) is 65.6 Å². The van der Waals surface area contributed by atoms with E-state index in [1.165, 1.54) is 16.9 Å². The second-order valence-corrected chi connectivity index (χ2v) is 11.0. The quantitative estimate of drug-likeness (QED) is 0.228. The Labute approximate surface area is 225 Å². The van der Waals surface area contributed by atoms with Crippen molar-refractivity contribution in [3.05, 3.63) is 135 Å². The number of nitrogens with zero attached hydrogens (tertiary/aromatic N) is 1. The maximum Gasteiger partial charge on any atom is 0.123 e. The fraction of sp³-hybridized carbons (Fsp3) is 0.161. The summed E-state index contributed by atoms with van der Waals surface area (Å²) in [5.74, 6) is 0.241. The monoisotopic (exact) mass is 589 g/mol. The van der Waals surface area contributed by atoms with E-state index in [-0.39, 0.29) is 11.2 Å². The predicted molar refractivity (Wildman–Crippen MR) is 157 cm³/mol. The molecule has 0 atom stereocenters. The Bertz CT molecular complexity index is 1310. The van der Waals surface area contributed by atoms with Crippen molar-refractivity contribution in [3.8, 4) is 0 Å². The van der Waals surface area contributed by atoms with Gasteiger partial charge in [0.25, 0.3) is 0 Å². The number of likely N-dealkylation sites (N-methyl/N-ethyl adjacent to an activating group) is 1. The third-order valence-corrected chi connectivity index (χ3v) is 7.47. The van der Waals surface area contributed by atoms with Crippen LogP contribution in [-0.4, -0.2) is 12.2 Å². The Hall–Kier alpha value is -2.82. The lowest BCUT2D eigenvalue weighted by Crippen LogP contribution is -2.22. The van der Waals surface area contributed by atoms with Crippen molar-refractivity contribution < 1.29 is 5.11 Å². The number of halogens is 2. The standard InChI is InChI=1S/C31H29Br2NO/c1-31(2)27-10-7-8-11-28(27)34(3)30(31)12-6-4-5-9-24(22-13-17-25(32)18-14-22)21-29(35)23-15-19-26(33)20-16-23/h4,6-21,35H,5H2,1-3H3/b6-4+,24-9+,29-21-,30-12+. The Morgan fingerprint density at radius 2 is 1.49 bits per heavy atom. The summed E-state index contributed by atoms with van der Waals surface area (Å²) in [7, 11) is 2.13. The predicted octanol–water partition coefficient (Wildman–Crippen LogP) is 9.45. The highest BCUT2D eigenvalue weighted by atomic mass is 79.9. The molecular formula is C31H29Br2NO. The molecule has 0 spiro atoms. The summed E-state index contributed by atoms with van der Waals surface area (Å²) < 4.78 is 2.01. The summed E-state index contributed by atoms with van der Waals surface area (Å²) in [5.41, 5.74) is 6.67. The lowest BCUT2D eigenvalue weighted by molar-refractivity contribution is 0.512. The highest BCUT2D eigenvalue weighted by Gasteiger charge is 2.37. The lowest BCUT2D eigenvalue weighted by atomic mass is 9.84. The van der Waals surface area contributed by atoms with Gasteiger partial charge in [-0.15, -0.1) is 0 Å². The van der Waals surface area contributed by atoms with Gasteiger partial charge >= 0.3 is 0 Å². The average Bonchev–Trinajstić information content (AvgIpc) is 3.04. The van der Waals surface area contributed by atoms with Gasteiger partial charge in [0.1, 0.15) is 5.76 Å². The van der Waals surface area contributed by atoms with Crippen molar-refractivity contribution in [2.75, 3.05) is 11.9 Å². The molecule has 0 saturated heterocycles. The van der Waals surface area contributed by atoms with E-state index in [0.717, 1.165) is 32.1 Å². The summed E-state index contributed by atoms with van der Waals surface area (Å²) in [5, 5.41) is 10.8. The molecule has 1 heterocycles. The van der Waals surface area contributed by atoms with Crippen LogP contribution in [0.4, 0.5) is 5.69 Å². The first-order valence-corrected chi connectivity index (χ1v) is 13.2. The van der Waals surface area contributed by atoms with E-state index in [1.54, 1.807) is 0 Å². The number of rotatable bonds is 6. The maximum absolute atomic E-state index is 10.8. The molecular weight excluding hydrogens is 562 g/mol. The van der Waals surface area contributed by atoms with Gasteiger partial charge in [0.2, 0.25) is 0 Å². The minimum Gasteiger partial charge on any atom is -0.507 e. The van der Waals surface area contributed by atoms with Crippen LogP contribution in [-0.2, 0) is 5.41 Å². The molecule has 0 aromatic heterocycles. The van der Waals surface area contributed by atoms with Crippen molar-refractivity contribution in [1.29, 1.82) is 0 Å². The van der Waals surface area contributed by atoms with Crippen molar-refractivity contribution in [2.24, 2.45) is 0 Å². The van der Waals surface area contributed by atoms with Crippen LogP contribution < -0.4 is 4.90 Å². The van der Waals surface area contributed by atoms with Gasteiger partial charge in [0.15, 0.2) is 0 Å². The van der Waals surface area contributed by atoms with Crippen LogP contribution in [0.1, 0.15) is 37.0 Å². The highest BCUT2D eigenvalue weighted by molar-refractivity contribution is 9.10. The zero-order chi connectivity index (χ0) is 25.0. The first-order valence-electron chi connectivity index (χ1n) is 11.6. The number of aliphatic hydroxyl groups is 1. The molecule has 1 aliphatic heterocycles. The number of fused-ring (bicyclic) bond motifs is 1. The zero-order valence-electron chi connectivity index (χ0n) is 20.2. The summed E-state index contributed by atoms with van der Waals surface area (Å²) in [6.07, 6.45) is 11.2. The SMILES string of the molecule is CN1/C(=C/C=C/C/C=C(\C=C(/O)c2ccc(Br)cc2)c2ccc(Br)cc2)C(C)(C)c2ccccc21. The van der Waals surface area contributed by atoms with Gasteiger partial charge in [0.05, 0.1) is 0 Å². The van der Waals surface area contributed by atoms with E-state index in [1.807, 2.05) is 42.5 Å². The molecule has 178 valence electrons. The molecule has 3 aromatic rings. The van der Waals surface area contributed by atoms with Crippen LogP contribution in [0.25, 0.3) is 11.3 Å². The van der Waals surface area contributed by atoms with Gasteiger partial charge < -0.3 is 10.0 Å². The Morgan fingerprint density at radius 1 is 0.886 bits per heavy atom. The molecule has 0 bridgehead atoms. The zero-order valence-corrected chi connectivity index (χ0v) is 23.3. The molecule has 3 aromatic carbocycles. The van der Waals surface area contributed by atoms with Crippen LogP contribution in [0.3, 0.4) is 0 Å². The minimum atomic E-state index is -0.0344. The second kappa shape index (κ2) is 10.8. The van der Waals surface area contributed by atoms with Gasteiger partial charge in [0, 0.05) is 38.4 Å². The fourth-order valence-corrected chi connectivity index (χ4v) is 5.02. The first-order chi connectivity index (χ1) is 16.8. The van der Waals surface area contributed by atoms with Gasteiger partial charge in [-0.1, -0.05) is 106 Å². The third kappa shape index (κ3) is 5.71. The normalized spacial score (nSPS) is 16.8. The summed E-state index contributed by atoms with van der Waals surface area (Å²) in [6, 6.07) is 24.4. The molecule has 1 N–H and O–H groups in total. The Balaban J connectivity index is 1.57. The maximum atomic E-state index is 10.8. The van der Waals surface area contributed by atoms with E-state index >= 15 is 0 Å². The van der Waals surface area contributed by atoms with Crippen molar-refractivity contribution in [2.45, 2.75) is 25.7 Å². The molecule has 0 saturated carbocycles. The minimum absolute atomic E-state index is 0.0344. The van der Waals surface area contributed by atoms with E-state index < -0.39 is 0 Å². The summed E-state index contributed by atoms with van der Waals surface area (Å²) >= 11 is 6.96. The molecule has 0 radical (unpaired) electrons. The molecule has 0 fully saturated rings. The molecule has 4 heteroatoms. The number of hydrogen-bond donors (Lipinski definition) is 1. The van der Waals surface area contributed by atoms with Crippen molar-refractivity contribution >= 4 is 48.9 Å². The lowest BCUT2D eigenvalue weighted by Gasteiger charge is -2.23. The van der Waals surface area contributed by atoms with E-state index in [0.29, 0.717) is 0 Å². The van der Waals surface area contributed by atoms with E-state index in [2.05, 4.69) is 118 Å². The van der Waals surface area contributed by atoms with Crippen LogP contribution in [0.2, 0.25) is 0 Å². The molecule has 1 aliphatic rings. The number of allylic oxidation sites excluding steroid dienone is 7. The van der Waals surface area contributed by atoms with Crippen molar-refractivity contribution in [3.63, 3.8) is 0 Å². The summed E-state index contributed by atoms with van der Waals surface area (Å²) in [4.78, 5) is 2.28. The van der Waals surface area contributed by atoms with Crippen LogP contribution in [0.5, 0.6) is 0 Å². The molecule has 35 heavy (non-hydrogen) atoms. The van der Waals surface area contributed by atoms with Gasteiger partial charge in [-0.25, -0.2) is 0 Å². The molecule has 0 amide bonds. The number of anilines is 1. The van der Waals surface area contributed by atoms with Gasteiger partial charge in [-0.2, -0.15) is 0 Å². The van der Waals surface area contributed by atoms with Crippen LogP contribution in [0, 0.1) is 0 Å². The fourth-order valence-electron chi connectivity index (χ4n) is 4.49. The van der Waals surface area contributed by atoms with Gasteiger partial charge in [-0.3, -0.25) is 0 Å². The van der Waals surface area contributed by atoms with Crippen molar-refractivity contribution in [1.82, 2.24) is 0 Å². The second-order valence-electron chi connectivity index (χ2n) is 9.12. The third-order valence-electron chi connectivity index (χ3n) is 6.41. The molecule has 4 rings (SSSR count). The number of benzene rings is 3. The topological polar surface area (TPSA) is 23.5 Å². The molecule has 0 aliphatic carbocycles. The molecule has 0 unspecified atom stereocenters.